The van der Waals surface area contributed by atoms with Crippen molar-refractivity contribution in [3.05, 3.63) is 41.5 Å². The van der Waals surface area contributed by atoms with E-state index in [1.807, 2.05) is 31.1 Å². The maximum atomic E-state index is 12.0. The van der Waals surface area contributed by atoms with Gasteiger partial charge in [0.1, 0.15) is 17.3 Å². The smallest absolute Gasteiger partial charge is 0.224 e. The molecule has 6 nitrogen and oxygen atoms in total. The van der Waals surface area contributed by atoms with E-state index in [-0.39, 0.29) is 18.1 Å². The zero-order valence-corrected chi connectivity index (χ0v) is 13.8. The number of carbonyl (C=O) groups is 2. The van der Waals surface area contributed by atoms with Crippen LogP contribution in [0.3, 0.4) is 0 Å². The molecular formula is C17H21N3O3. The molecule has 0 fully saturated rings. The molecule has 0 spiro atoms. The van der Waals surface area contributed by atoms with Crippen molar-refractivity contribution in [3.63, 3.8) is 0 Å². The largest absolute Gasteiger partial charge is 0.466 e. The Morgan fingerprint density at radius 3 is 2.57 bits per heavy atom. The molecule has 0 saturated carbocycles. The second-order valence-electron chi connectivity index (χ2n) is 5.59. The summed E-state index contributed by atoms with van der Waals surface area (Å²) in [5, 5.41) is 2.79. The van der Waals surface area contributed by atoms with Crippen molar-refractivity contribution in [1.29, 1.82) is 0 Å². The van der Waals surface area contributed by atoms with Gasteiger partial charge in [-0.1, -0.05) is 0 Å². The van der Waals surface area contributed by atoms with Gasteiger partial charge in [0, 0.05) is 26.9 Å². The van der Waals surface area contributed by atoms with Crippen LogP contribution in [-0.4, -0.2) is 30.8 Å². The molecule has 0 saturated heterocycles. The summed E-state index contributed by atoms with van der Waals surface area (Å²) in [4.78, 5) is 29.5. The van der Waals surface area contributed by atoms with Gasteiger partial charge in [-0.25, -0.2) is 4.98 Å². The standard InChI is InChI=1S/C17H21N3O3/c1-11(21)15-9-14(23-12(15)2)6-8-17(22)19-13-5-7-16(18-10-13)20(3)4/h5,7,9-10H,6,8H2,1-4H3,(H,19,22). The number of aromatic nitrogens is 1. The summed E-state index contributed by atoms with van der Waals surface area (Å²) in [5.41, 5.74) is 1.23. The summed E-state index contributed by atoms with van der Waals surface area (Å²) < 4.78 is 5.50. The van der Waals surface area contributed by atoms with Crippen LogP contribution in [0.5, 0.6) is 0 Å². The van der Waals surface area contributed by atoms with E-state index >= 15 is 0 Å². The van der Waals surface area contributed by atoms with Gasteiger partial charge in [0.05, 0.1) is 17.4 Å². The summed E-state index contributed by atoms with van der Waals surface area (Å²) in [6.07, 6.45) is 2.35. The van der Waals surface area contributed by atoms with E-state index in [9.17, 15) is 9.59 Å². The first-order valence-electron chi connectivity index (χ1n) is 7.40. The predicted molar refractivity (Wildman–Crippen MR) is 89.0 cm³/mol. The third kappa shape index (κ3) is 4.42. The normalized spacial score (nSPS) is 10.4. The minimum absolute atomic E-state index is 0.0333. The topological polar surface area (TPSA) is 75.4 Å². The van der Waals surface area contributed by atoms with Crippen molar-refractivity contribution in [2.45, 2.75) is 26.7 Å². The highest BCUT2D eigenvalue weighted by molar-refractivity contribution is 5.95. The van der Waals surface area contributed by atoms with Gasteiger partial charge in [0.15, 0.2) is 5.78 Å². The maximum absolute atomic E-state index is 12.0. The van der Waals surface area contributed by atoms with E-state index < -0.39 is 0 Å². The molecule has 1 amide bonds. The molecule has 0 aliphatic heterocycles. The lowest BCUT2D eigenvalue weighted by molar-refractivity contribution is -0.116. The molecule has 2 heterocycles. The highest BCUT2D eigenvalue weighted by Crippen LogP contribution is 2.17. The molecule has 0 unspecified atom stereocenters. The van der Waals surface area contributed by atoms with Gasteiger partial charge in [-0.3, -0.25) is 9.59 Å². The van der Waals surface area contributed by atoms with Crippen molar-refractivity contribution >= 4 is 23.2 Å². The lowest BCUT2D eigenvalue weighted by atomic mass is 10.1. The molecule has 2 aromatic rings. The Bertz CT molecular complexity index is 702. The van der Waals surface area contributed by atoms with Crippen molar-refractivity contribution in [2.24, 2.45) is 0 Å². The van der Waals surface area contributed by atoms with E-state index in [1.54, 1.807) is 19.2 Å². The first kappa shape index (κ1) is 16.7. The number of furan rings is 1. The summed E-state index contributed by atoms with van der Waals surface area (Å²) >= 11 is 0. The van der Waals surface area contributed by atoms with E-state index in [0.717, 1.165) is 5.82 Å². The zero-order valence-electron chi connectivity index (χ0n) is 13.8. The molecule has 122 valence electrons. The average Bonchev–Trinajstić information content (AvgIpc) is 2.87. The second kappa shape index (κ2) is 7.09. The number of nitrogens with zero attached hydrogens (tertiary/aromatic N) is 2. The predicted octanol–water partition coefficient (Wildman–Crippen LogP) is 2.82. The molecule has 0 atom stereocenters. The van der Waals surface area contributed by atoms with Crippen LogP contribution in [0.25, 0.3) is 0 Å². The number of hydrogen-bond donors (Lipinski definition) is 1. The zero-order chi connectivity index (χ0) is 17.0. The van der Waals surface area contributed by atoms with Crippen molar-refractivity contribution in [3.8, 4) is 0 Å². The van der Waals surface area contributed by atoms with Gasteiger partial charge in [-0.05, 0) is 32.0 Å². The van der Waals surface area contributed by atoms with Crippen molar-refractivity contribution in [2.75, 3.05) is 24.3 Å². The maximum Gasteiger partial charge on any atom is 0.224 e. The van der Waals surface area contributed by atoms with Crippen molar-refractivity contribution < 1.29 is 14.0 Å². The number of amides is 1. The molecule has 2 rings (SSSR count). The third-order valence-electron chi connectivity index (χ3n) is 3.44. The molecular weight excluding hydrogens is 294 g/mol. The molecule has 1 N–H and O–H groups in total. The lowest BCUT2D eigenvalue weighted by Crippen LogP contribution is -2.14. The quantitative estimate of drug-likeness (QED) is 0.830. The Kier molecular flexibility index (Phi) is 5.16. The molecule has 0 bridgehead atoms. The van der Waals surface area contributed by atoms with E-state index in [0.29, 0.717) is 29.2 Å². The summed E-state index contributed by atoms with van der Waals surface area (Å²) in [6, 6.07) is 5.36. The highest BCUT2D eigenvalue weighted by Gasteiger charge is 2.12. The number of pyridine rings is 1. The second-order valence-corrected chi connectivity index (χ2v) is 5.59. The monoisotopic (exact) mass is 315 g/mol. The number of anilines is 2. The molecule has 23 heavy (non-hydrogen) atoms. The molecule has 0 aliphatic rings. The van der Waals surface area contributed by atoms with Crippen LogP contribution in [-0.2, 0) is 11.2 Å². The van der Waals surface area contributed by atoms with E-state index in [1.165, 1.54) is 6.92 Å². The van der Waals surface area contributed by atoms with Gasteiger partial charge < -0.3 is 14.6 Å². The number of hydrogen-bond acceptors (Lipinski definition) is 5. The summed E-state index contributed by atoms with van der Waals surface area (Å²) in [6.45, 7) is 3.25. The highest BCUT2D eigenvalue weighted by atomic mass is 16.3. The van der Waals surface area contributed by atoms with Crippen LogP contribution >= 0.6 is 0 Å². The van der Waals surface area contributed by atoms with Crippen LogP contribution in [0.2, 0.25) is 0 Å². The number of ketones is 1. The fourth-order valence-corrected chi connectivity index (χ4v) is 2.20. The van der Waals surface area contributed by atoms with Crippen LogP contribution in [0.4, 0.5) is 11.5 Å². The van der Waals surface area contributed by atoms with Crippen LogP contribution < -0.4 is 10.2 Å². The molecule has 2 aromatic heterocycles. The first-order chi connectivity index (χ1) is 10.9. The van der Waals surface area contributed by atoms with Gasteiger partial charge in [0.25, 0.3) is 0 Å². The van der Waals surface area contributed by atoms with Crippen LogP contribution in [0.15, 0.2) is 28.8 Å². The van der Waals surface area contributed by atoms with E-state index in [2.05, 4.69) is 10.3 Å². The van der Waals surface area contributed by atoms with Gasteiger partial charge in [-0.15, -0.1) is 0 Å². The molecule has 0 aromatic carbocycles. The van der Waals surface area contributed by atoms with Gasteiger partial charge in [0.2, 0.25) is 5.91 Å². The number of nitrogens with one attached hydrogen (secondary N) is 1. The average molecular weight is 315 g/mol. The van der Waals surface area contributed by atoms with Gasteiger partial charge in [-0.2, -0.15) is 0 Å². The fraction of sp³-hybridized carbons (Fsp3) is 0.353. The Morgan fingerprint density at radius 1 is 1.30 bits per heavy atom. The number of aryl methyl sites for hydroxylation is 2. The first-order valence-corrected chi connectivity index (χ1v) is 7.40. The van der Waals surface area contributed by atoms with Crippen LogP contribution in [0, 0.1) is 6.92 Å². The minimum atomic E-state index is -0.122. The van der Waals surface area contributed by atoms with Gasteiger partial charge >= 0.3 is 0 Å². The SMILES string of the molecule is CC(=O)c1cc(CCC(=O)Nc2ccc(N(C)C)nc2)oc1C. The Morgan fingerprint density at radius 2 is 2.04 bits per heavy atom. The Balaban J connectivity index is 1.90. The fourth-order valence-electron chi connectivity index (χ4n) is 2.20. The number of rotatable bonds is 6. The van der Waals surface area contributed by atoms with Crippen LogP contribution in [0.1, 0.15) is 35.2 Å². The summed E-state index contributed by atoms with van der Waals surface area (Å²) in [5.74, 6) is 1.91. The van der Waals surface area contributed by atoms with E-state index in [4.69, 9.17) is 4.42 Å². The number of Topliss-reactive ketones (excluding diaryl/α,β-unsaturated/α-hetero) is 1. The molecule has 6 heteroatoms. The molecule has 0 radical (unpaired) electrons. The van der Waals surface area contributed by atoms with Crippen molar-refractivity contribution in [1.82, 2.24) is 4.98 Å². The third-order valence-corrected chi connectivity index (χ3v) is 3.44. The molecule has 0 aliphatic carbocycles. The minimum Gasteiger partial charge on any atom is -0.466 e. The lowest BCUT2D eigenvalue weighted by Gasteiger charge is -2.11. The Hall–Kier alpha value is -2.63. The summed E-state index contributed by atoms with van der Waals surface area (Å²) in [7, 11) is 3.81. The Labute approximate surface area is 135 Å². The number of carbonyl (C=O) groups excluding carboxylic acids is 2.